The number of aliphatic hydroxyl groups excluding tert-OH is 1. The Hall–Kier alpha value is -1.34. The number of carbonyl (C=O) groups is 1. The Bertz CT molecular complexity index is 579. The number of carbonyl (C=O) groups excluding carboxylic acids is 1. The number of piperidine rings is 1. The molecule has 3 heterocycles. The molecule has 22 heavy (non-hydrogen) atoms. The summed E-state index contributed by atoms with van der Waals surface area (Å²) in [5.74, 6) is 6.56. The molecule has 0 bridgehead atoms. The molecule has 7 heteroatoms. The van der Waals surface area contributed by atoms with Crippen molar-refractivity contribution >= 4 is 5.91 Å². The minimum absolute atomic E-state index is 0. The van der Waals surface area contributed by atoms with Gasteiger partial charge in [0.1, 0.15) is 17.5 Å². The van der Waals surface area contributed by atoms with E-state index in [2.05, 4.69) is 0 Å². The van der Waals surface area contributed by atoms with Crippen molar-refractivity contribution in [2.45, 2.75) is 50.9 Å². The molecule has 1 fully saturated rings. The smallest absolute Gasteiger partial charge is 0.223 e. The Morgan fingerprint density at radius 2 is 2.18 bits per heavy atom. The quantitative estimate of drug-likeness (QED) is 0.415. The summed E-state index contributed by atoms with van der Waals surface area (Å²) in [6.07, 6.45) is 5.03. The first kappa shape index (κ1) is 17.0. The predicted molar refractivity (Wildman–Crippen MR) is 75.8 cm³/mol. The van der Waals surface area contributed by atoms with Gasteiger partial charge in [-0.3, -0.25) is 4.79 Å². The molecule has 0 spiro atoms. The number of fused-ring (bicyclic) bond motifs is 1. The number of hydrogen-bond acceptors (Lipinski definition) is 4. The monoisotopic (exact) mass is 371 g/mol. The van der Waals surface area contributed by atoms with Gasteiger partial charge < -0.3 is 31.7 Å². The van der Waals surface area contributed by atoms with Crippen molar-refractivity contribution in [1.29, 1.82) is 0 Å². The summed E-state index contributed by atoms with van der Waals surface area (Å²) in [6, 6.07) is 1.37. The number of amides is 1. The van der Waals surface area contributed by atoms with Crippen LogP contribution in [0.25, 0.3) is 0 Å². The number of nitrogens with zero attached hydrogens (tertiary/aromatic N) is 2. The third-order valence-electron chi connectivity index (χ3n) is 4.37. The topological polar surface area (TPSA) is 79.7 Å². The van der Waals surface area contributed by atoms with Gasteiger partial charge in [-0.15, -0.1) is 0 Å². The van der Waals surface area contributed by atoms with Crippen LogP contribution >= 0.6 is 0 Å². The number of aromatic nitrogens is 1. The number of halogens is 1. The van der Waals surface area contributed by atoms with Gasteiger partial charge in [0.25, 0.3) is 0 Å². The van der Waals surface area contributed by atoms with Crippen LogP contribution in [0, 0.1) is 0 Å². The van der Waals surface area contributed by atoms with Gasteiger partial charge in [-0.2, -0.15) is 0 Å². The fraction of sp³-hybridized carbons (Fsp3) is 0.600. The van der Waals surface area contributed by atoms with Crippen molar-refractivity contribution in [3.05, 3.63) is 24.0 Å². The molecule has 3 rings (SSSR count). The minimum atomic E-state index is -0.797. The Morgan fingerprint density at radius 3 is 2.86 bits per heavy atom. The third kappa shape index (κ3) is 2.79. The van der Waals surface area contributed by atoms with E-state index < -0.39 is 17.7 Å². The first-order valence-corrected chi connectivity index (χ1v) is 7.37. The molecule has 1 saturated heterocycles. The number of likely N-dealkylation sites (tertiary alicyclic amines) is 1. The van der Waals surface area contributed by atoms with E-state index >= 15 is 0 Å². The zero-order valence-corrected chi connectivity index (χ0v) is 14.4. The fourth-order valence-electron chi connectivity index (χ4n) is 3.19. The summed E-state index contributed by atoms with van der Waals surface area (Å²) in [5, 5.41) is 10.7. The zero-order valence-electron chi connectivity index (χ0n) is 12.8. The van der Waals surface area contributed by atoms with Gasteiger partial charge >= 0.3 is 0 Å². The van der Waals surface area contributed by atoms with Gasteiger partial charge in [0.05, 0.1) is 11.6 Å². The lowest BCUT2D eigenvalue weighted by Crippen LogP contribution is -3.00. The average Bonchev–Trinajstić information content (AvgIpc) is 2.42. The summed E-state index contributed by atoms with van der Waals surface area (Å²) in [7, 11) is 0. The van der Waals surface area contributed by atoms with Crippen molar-refractivity contribution in [1.82, 2.24) is 4.90 Å². The van der Waals surface area contributed by atoms with E-state index in [-0.39, 0.29) is 22.9 Å². The molecule has 6 nitrogen and oxygen atoms in total. The number of nitrogens with two attached hydrogens (primary N) is 1. The number of pyridine rings is 1. The molecule has 0 saturated carbocycles. The molecule has 3 N–H and O–H groups in total. The zero-order chi connectivity index (χ0) is 15.2. The predicted octanol–water partition coefficient (Wildman–Crippen LogP) is -2.72. The standard InChI is InChI=1S/C15H22N3O3.BrH/c1-15(2)14(20)13(18-7-4-3-5-12(18)19)10-9-17(16)8-6-11(10)21-15;/h6,8-9,13-14,20H,3-5,7,16H2,1-2H3;1H/q+1;/p-1. The van der Waals surface area contributed by atoms with Crippen LogP contribution in [0.5, 0.6) is 5.75 Å². The molecular formula is C15H22BrN3O3. The highest BCUT2D eigenvalue weighted by Gasteiger charge is 2.48. The molecule has 2 aliphatic rings. The molecule has 2 aliphatic heterocycles. The summed E-state index contributed by atoms with van der Waals surface area (Å²) < 4.78 is 7.31. The summed E-state index contributed by atoms with van der Waals surface area (Å²) in [6.45, 7) is 4.34. The van der Waals surface area contributed by atoms with E-state index in [1.54, 1.807) is 23.4 Å². The van der Waals surface area contributed by atoms with Crippen LogP contribution < -0.4 is 32.2 Å². The number of rotatable bonds is 1. The number of hydrogen-bond donors (Lipinski definition) is 2. The Balaban J connectivity index is 0.00000176. The lowest BCUT2D eigenvalue weighted by molar-refractivity contribution is -0.639. The van der Waals surface area contributed by atoms with Gasteiger partial charge in [-0.1, -0.05) is 4.68 Å². The van der Waals surface area contributed by atoms with Crippen LogP contribution in [-0.2, 0) is 4.79 Å². The van der Waals surface area contributed by atoms with Crippen LogP contribution in [-0.4, -0.2) is 34.2 Å². The maximum Gasteiger partial charge on any atom is 0.223 e. The Labute approximate surface area is 140 Å². The molecule has 1 aromatic rings. The highest BCUT2D eigenvalue weighted by molar-refractivity contribution is 5.77. The van der Waals surface area contributed by atoms with Gasteiger partial charge in [0.2, 0.25) is 18.3 Å². The number of aliphatic hydroxyl groups is 1. The first-order valence-electron chi connectivity index (χ1n) is 7.37. The van der Waals surface area contributed by atoms with Crippen LogP contribution in [0.4, 0.5) is 0 Å². The van der Waals surface area contributed by atoms with E-state index in [1.165, 1.54) is 4.68 Å². The van der Waals surface area contributed by atoms with Crippen molar-refractivity contribution in [2.24, 2.45) is 0 Å². The number of nitrogen functional groups attached to an aromatic ring is 1. The van der Waals surface area contributed by atoms with E-state index in [0.29, 0.717) is 18.7 Å². The van der Waals surface area contributed by atoms with Gasteiger partial charge in [-0.05, 0) is 26.7 Å². The average molecular weight is 372 g/mol. The molecule has 2 atom stereocenters. The summed E-state index contributed by atoms with van der Waals surface area (Å²) >= 11 is 0. The fourth-order valence-corrected chi connectivity index (χ4v) is 3.19. The molecule has 122 valence electrons. The van der Waals surface area contributed by atoms with Crippen molar-refractivity contribution in [2.75, 3.05) is 12.4 Å². The first-order chi connectivity index (χ1) is 9.90. The largest absolute Gasteiger partial charge is 1.00 e. The van der Waals surface area contributed by atoms with Crippen molar-refractivity contribution < 1.29 is 36.3 Å². The SMILES string of the molecule is CC1(C)Oc2cc[n+](N)cc2C(N2CCCCC2=O)C1O.[Br-]. The van der Waals surface area contributed by atoms with Gasteiger partial charge in [-0.25, -0.2) is 5.84 Å². The van der Waals surface area contributed by atoms with E-state index in [0.717, 1.165) is 18.4 Å². The van der Waals surface area contributed by atoms with Gasteiger partial charge in [0, 0.05) is 19.0 Å². The van der Waals surface area contributed by atoms with E-state index in [4.69, 9.17) is 10.6 Å². The molecule has 0 radical (unpaired) electrons. The molecule has 1 aromatic heterocycles. The molecule has 0 aliphatic carbocycles. The molecular weight excluding hydrogens is 350 g/mol. The second kappa shape index (κ2) is 6.04. The van der Waals surface area contributed by atoms with Crippen LogP contribution in [0.3, 0.4) is 0 Å². The van der Waals surface area contributed by atoms with E-state index in [1.807, 2.05) is 13.8 Å². The minimum Gasteiger partial charge on any atom is -1.00 e. The summed E-state index contributed by atoms with van der Waals surface area (Å²) in [5.41, 5.74) is 0.0120. The van der Waals surface area contributed by atoms with Crippen molar-refractivity contribution in [3.8, 4) is 5.75 Å². The third-order valence-corrected chi connectivity index (χ3v) is 4.37. The van der Waals surface area contributed by atoms with Crippen LogP contribution in [0.1, 0.15) is 44.7 Å². The lowest BCUT2D eigenvalue weighted by Gasteiger charge is -2.46. The molecule has 2 unspecified atom stereocenters. The second-order valence-electron chi connectivity index (χ2n) is 6.35. The highest BCUT2D eigenvalue weighted by Crippen LogP contribution is 2.42. The normalized spacial score (nSPS) is 26.7. The highest BCUT2D eigenvalue weighted by atomic mass is 79.9. The van der Waals surface area contributed by atoms with Gasteiger partial charge in [0.15, 0.2) is 0 Å². The number of ether oxygens (including phenoxy) is 1. The van der Waals surface area contributed by atoms with Crippen molar-refractivity contribution in [3.63, 3.8) is 0 Å². The Kier molecular flexibility index (Phi) is 4.67. The Morgan fingerprint density at radius 1 is 1.45 bits per heavy atom. The second-order valence-corrected chi connectivity index (χ2v) is 6.35. The summed E-state index contributed by atoms with van der Waals surface area (Å²) in [4.78, 5) is 14.1. The van der Waals surface area contributed by atoms with Crippen LogP contribution in [0.2, 0.25) is 0 Å². The molecule has 0 aromatic carbocycles. The van der Waals surface area contributed by atoms with Crippen LogP contribution in [0.15, 0.2) is 18.5 Å². The lowest BCUT2D eigenvalue weighted by atomic mass is 9.85. The maximum atomic E-state index is 12.3. The maximum absolute atomic E-state index is 12.3. The molecule has 1 amide bonds. The van der Waals surface area contributed by atoms with E-state index in [9.17, 15) is 9.90 Å².